The van der Waals surface area contributed by atoms with Crippen LogP contribution >= 0.6 is 0 Å². The van der Waals surface area contributed by atoms with E-state index in [4.69, 9.17) is 5.73 Å². The van der Waals surface area contributed by atoms with E-state index in [1.807, 2.05) is 0 Å². The van der Waals surface area contributed by atoms with Gasteiger partial charge in [-0.1, -0.05) is 26.7 Å². The lowest BCUT2D eigenvalue weighted by molar-refractivity contribution is 0.0703. The van der Waals surface area contributed by atoms with Crippen LogP contribution < -0.4 is 5.73 Å². The highest BCUT2D eigenvalue weighted by molar-refractivity contribution is 4.95. The molecule has 3 nitrogen and oxygen atoms in total. The highest BCUT2D eigenvalue weighted by Gasteiger charge is 2.38. The standard InChI is InChI=1S/C16H33N3/c1-3-5-9-16(4-2,14-17)19-12-7-11-18-10-6-8-15(18)13-19/h15H,3-14,17H2,1-2H3. The molecule has 112 valence electrons. The zero-order valence-electron chi connectivity index (χ0n) is 13.0. The summed E-state index contributed by atoms with van der Waals surface area (Å²) in [5, 5.41) is 0. The van der Waals surface area contributed by atoms with Crippen molar-refractivity contribution in [3.8, 4) is 0 Å². The van der Waals surface area contributed by atoms with Crippen LogP contribution in [0.4, 0.5) is 0 Å². The van der Waals surface area contributed by atoms with Crippen LogP contribution in [0.2, 0.25) is 0 Å². The maximum Gasteiger partial charge on any atom is 0.0329 e. The zero-order chi connectivity index (χ0) is 13.7. The molecule has 2 aliphatic rings. The molecule has 2 rings (SSSR count). The number of unbranched alkanes of at least 4 members (excludes halogenated alkanes) is 1. The SMILES string of the molecule is CCCCC(CC)(CN)N1CCCN2CCCC2C1. The molecule has 0 spiro atoms. The molecule has 3 heteroatoms. The molecule has 19 heavy (non-hydrogen) atoms. The molecule has 2 N–H and O–H groups in total. The summed E-state index contributed by atoms with van der Waals surface area (Å²) >= 11 is 0. The van der Waals surface area contributed by atoms with Gasteiger partial charge in [0.25, 0.3) is 0 Å². The molecule has 2 saturated heterocycles. The predicted molar refractivity (Wildman–Crippen MR) is 82.4 cm³/mol. The van der Waals surface area contributed by atoms with Gasteiger partial charge in [-0.25, -0.2) is 0 Å². The van der Waals surface area contributed by atoms with Crippen molar-refractivity contribution in [3.05, 3.63) is 0 Å². The highest BCUT2D eigenvalue weighted by Crippen LogP contribution is 2.30. The number of nitrogens with zero attached hydrogens (tertiary/aromatic N) is 2. The largest absolute Gasteiger partial charge is 0.329 e. The number of hydrogen-bond acceptors (Lipinski definition) is 3. The summed E-state index contributed by atoms with van der Waals surface area (Å²) in [6, 6.07) is 0.807. The fourth-order valence-electron chi connectivity index (χ4n) is 4.08. The van der Waals surface area contributed by atoms with Crippen LogP contribution in [-0.4, -0.2) is 54.1 Å². The summed E-state index contributed by atoms with van der Waals surface area (Å²) < 4.78 is 0. The summed E-state index contributed by atoms with van der Waals surface area (Å²) in [7, 11) is 0. The molecular weight excluding hydrogens is 234 g/mol. The number of hydrogen-bond donors (Lipinski definition) is 1. The second kappa shape index (κ2) is 7.05. The molecule has 0 aromatic carbocycles. The lowest BCUT2D eigenvalue weighted by Crippen LogP contribution is -2.55. The van der Waals surface area contributed by atoms with Crippen LogP contribution in [0, 0.1) is 0 Å². The summed E-state index contributed by atoms with van der Waals surface area (Å²) in [5.74, 6) is 0. The van der Waals surface area contributed by atoms with Crippen LogP contribution in [0.5, 0.6) is 0 Å². The molecule has 0 bridgehead atoms. The Morgan fingerprint density at radius 3 is 2.63 bits per heavy atom. The first-order valence-corrected chi connectivity index (χ1v) is 8.45. The molecule has 2 heterocycles. The van der Waals surface area contributed by atoms with Gasteiger partial charge in [-0.15, -0.1) is 0 Å². The van der Waals surface area contributed by atoms with Crippen LogP contribution in [0.1, 0.15) is 58.8 Å². The Morgan fingerprint density at radius 1 is 1.16 bits per heavy atom. The van der Waals surface area contributed by atoms with E-state index < -0.39 is 0 Å². The van der Waals surface area contributed by atoms with Gasteiger partial charge in [0, 0.05) is 31.2 Å². The number of nitrogens with two attached hydrogens (primary N) is 1. The van der Waals surface area contributed by atoms with Crippen molar-refractivity contribution in [1.82, 2.24) is 9.80 Å². The van der Waals surface area contributed by atoms with Crippen molar-refractivity contribution in [2.45, 2.75) is 70.4 Å². The third kappa shape index (κ3) is 3.32. The van der Waals surface area contributed by atoms with Gasteiger partial charge in [0.05, 0.1) is 0 Å². The Bertz CT molecular complexity index is 263. The van der Waals surface area contributed by atoms with Gasteiger partial charge in [0.1, 0.15) is 0 Å². The number of fused-ring (bicyclic) bond motifs is 1. The van der Waals surface area contributed by atoms with Gasteiger partial charge in [-0.2, -0.15) is 0 Å². The maximum absolute atomic E-state index is 6.22. The van der Waals surface area contributed by atoms with Gasteiger partial charge in [-0.05, 0) is 45.2 Å². The Morgan fingerprint density at radius 2 is 1.95 bits per heavy atom. The van der Waals surface area contributed by atoms with Crippen molar-refractivity contribution < 1.29 is 0 Å². The average molecular weight is 267 g/mol. The van der Waals surface area contributed by atoms with E-state index in [1.165, 1.54) is 71.1 Å². The first-order chi connectivity index (χ1) is 9.25. The van der Waals surface area contributed by atoms with Crippen molar-refractivity contribution >= 4 is 0 Å². The van der Waals surface area contributed by atoms with Crippen LogP contribution in [0.3, 0.4) is 0 Å². The molecular formula is C16H33N3. The molecule has 0 amide bonds. The normalized spacial score (nSPS) is 28.9. The maximum atomic E-state index is 6.22. The van der Waals surface area contributed by atoms with Gasteiger partial charge in [-0.3, -0.25) is 9.80 Å². The van der Waals surface area contributed by atoms with E-state index in [2.05, 4.69) is 23.6 Å². The Kier molecular flexibility index (Phi) is 5.67. The molecule has 0 aromatic rings. The van der Waals surface area contributed by atoms with Crippen molar-refractivity contribution in [2.75, 3.05) is 32.7 Å². The van der Waals surface area contributed by atoms with Gasteiger partial charge < -0.3 is 5.73 Å². The van der Waals surface area contributed by atoms with Crippen molar-refractivity contribution in [3.63, 3.8) is 0 Å². The summed E-state index contributed by atoms with van der Waals surface area (Å²) in [6.45, 7) is 10.6. The Balaban J connectivity index is 2.06. The van der Waals surface area contributed by atoms with Gasteiger partial charge >= 0.3 is 0 Å². The molecule has 2 fully saturated rings. The monoisotopic (exact) mass is 267 g/mol. The fourth-order valence-corrected chi connectivity index (χ4v) is 4.08. The van der Waals surface area contributed by atoms with Gasteiger partial charge in [0.15, 0.2) is 0 Å². The van der Waals surface area contributed by atoms with E-state index in [9.17, 15) is 0 Å². The lowest BCUT2D eigenvalue weighted by Gasteiger charge is -2.44. The Labute approximate surface area is 119 Å². The Hall–Kier alpha value is -0.120. The third-order valence-electron chi connectivity index (χ3n) is 5.51. The smallest absolute Gasteiger partial charge is 0.0329 e. The molecule has 0 aromatic heterocycles. The minimum absolute atomic E-state index is 0.272. The topological polar surface area (TPSA) is 32.5 Å². The average Bonchev–Trinajstić information content (AvgIpc) is 2.78. The highest BCUT2D eigenvalue weighted by atomic mass is 15.3. The minimum Gasteiger partial charge on any atom is -0.329 e. The van der Waals surface area contributed by atoms with Crippen molar-refractivity contribution in [2.24, 2.45) is 5.73 Å². The first-order valence-electron chi connectivity index (χ1n) is 8.45. The third-order valence-corrected chi connectivity index (χ3v) is 5.51. The van der Waals surface area contributed by atoms with E-state index in [-0.39, 0.29) is 5.54 Å². The van der Waals surface area contributed by atoms with Gasteiger partial charge in [0.2, 0.25) is 0 Å². The van der Waals surface area contributed by atoms with Crippen LogP contribution in [0.25, 0.3) is 0 Å². The molecule has 2 aliphatic heterocycles. The van der Waals surface area contributed by atoms with Crippen LogP contribution in [-0.2, 0) is 0 Å². The first kappa shape index (κ1) is 15.3. The fraction of sp³-hybridized carbons (Fsp3) is 1.00. The summed E-state index contributed by atoms with van der Waals surface area (Å²) in [4.78, 5) is 5.48. The minimum atomic E-state index is 0.272. The van der Waals surface area contributed by atoms with E-state index in [1.54, 1.807) is 0 Å². The van der Waals surface area contributed by atoms with Crippen molar-refractivity contribution in [1.29, 1.82) is 0 Å². The lowest BCUT2D eigenvalue weighted by atomic mass is 9.87. The second-order valence-electron chi connectivity index (χ2n) is 6.52. The molecule has 2 atom stereocenters. The zero-order valence-corrected chi connectivity index (χ0v) is 13.0. The molecule has 0 radical (unpaired) electrons. The summed E-state index contributed by atoms with van der Waals surface area (Å²) in [6.07, 6.45) is 9.20. The van der Waals surface area contributed by atoms with E-state index in [0.717, 1.165) is 12.6 Å². The predicted octanol–water partition coefficient (Wildman–Crippen LogP) is 2.45. The van der Waals surface area contributed by atoms with Crippen LogP contribution in [0.15, 0.2) is 0 Å². The summed E-state index contributed by atoms with van der Waals surface area (Å²) in [5.41, 5.74) is 6.50. The number of rotatable bonds is 6. The van der Waals surface area contributed by atoms with E-state index >= 15 is 0 Å². The molecule has 0 aliphatic carbocycles. The molecule has 0 saturated carbocycles. The second-order valence-corrected chi connectivity index (χ2v) is 6.52. The molecule has 2 unspecified atom stereocenters. The van der Waals surface area contributed by atoms with E-state index in [0.29, 0.717) is 0 Å². The quantitative estimate of drug-likeness (QED) is 0.802.